The van der Waals surface area contributed by atoms with Gasteiger partial charge in [0.2, 0.25) is 0 Å². The lowest BCUT2D eigenvalue weighted by atomic mass is 9.76. The van der Waals surface area contributed by atoms with Gasteiger partial charge in [0.25, 0.3) is 0 Å². The summed E-state index contributed by atoms with van der Waals surface area (Å²) in [6.45, 7) is 11.5. The van der Waals surface area contributed by atoms with Crippen molar-refractivity contribution in [2.75, 3.05) is 26.7 Å². The molecule has 8 rings (SSSR count). The first-order valence-corrected chi connectivity index (χ1v) is 13.7. The molecule has 6 aliphatic rings. The predicted molar refractivity (Wildman–Crippen MR) is 143 cm³/mol. The van der Waals surface area contributed by atoms with Gasteiger partial charge in [-0.1, -0.05) is 57.1 Å². The Hall–Kier alpha value is -2.53. The number of imidazole rings is 1. The van der Waals surface area contributed by atoms with Crippen molar-refractivity contribution in [1.29, 1.82) is 0 Å². The second-order valence-corrected chi connectivity index (χ2v) is 11.0. The van der Waals surface area contributed by atoms with Gasteiger partial charge in [0.1, 0.15) is 0 Å². The highest BCUT2D eigenvalue weighted by atomic mass is 16.2. The largest absolute Gasteiger partial charge is 0.373 e. The Morgan fingerprint density at radius 2 is 1.56 bits per heavy atom. The number of nitrogens with zero attached hydrogens (tertiary/aromatic N) is 4. The minimum Gasteiger partial charge on any atom is -0.329 e. The first-order chi connectivity index (χ1) is 17.5. The summed E-state index contributed by atoms with van der Waals surface area (Å²) < 4.78 is 2.31. The Kier molecular flexibility index (Phi) is 8.95. The summed E-state index contributed by atoms with van der Waals surface area (Å²) in [5, 5.41) is 0. The van der Waals surface area contributed by atoms with E-state index < -0.39 is 0 Å². The first kappa shape index (κ1) is 26.5. The van der Waals surface area contributed by atoms with Crippen molar-refractivity contribution in [2.45, 2.75) is 65.1 Å². The molecule has 36 heavy (non-hydrogen) atoms. The molecule has 5 heterocycles. The zero-order valence-electron chi connectivity index (χ0n) is 22.3. The van der Waals surface area contributed by atoms with Crippen LogP contribution in [0.4, 0.5) is 0 Å². The van der Waals surface area contributed by atoms with Crippen LogP contribution < -0.4 is 0 Å². The second kappa shape index (κ2) is 12.1. The molecule has 2 aromatic rings. The maximum absolute atomic E-state index is 8.12. The lowest BCUT2D eigenvalue weighted by Crippen LogP contribution is -2.51. The van der Waals surface area contributed by atoms with Crippen LogP contribution in [-0.4, -0.2) is 64.3 Å². The fourth-order valence-corrected chi connectivity index (χ4v) is 6.82. The van der Waals surface area contributed by atoms with Gasteiger partial charge in [0, 0.05) is 38.3 Å². The molecule has 1 aromatic heterocycles. The van der Waals surface area contributed by atoms with Crippen LogP contribution in [0.5, 0.6) is 0 Å². The number of hydrogen-bond donors (Lipinski definition) is 0. The molecule has 0 spiro atoms. The van der Waals surface area contributed by atoms with Gasteiger partial charge >= 0.3 is 6.15 Å². The quantitative estimate of drug-likeness (QED) is 0.555. The molecule has 1 aromatic carbocycles. The van der Waals surface area contributed by atoms with Crippen LogP contribution in [0, 0.1) is 30.6 Å². The van der Waals surface area contributed by atoms with Gasteiger partial charge in [0.05, 0.1) is 17.4 Å². The van der Waals surface area contributed by atoms with Crippen molar-refractivity contribution in [3.8, 4) is 0 Å². The normalized spacial score (nSPS) is 30.4. The maximum atomic E-state index is 8.12. The predicted octanol–water partition coefficient (Wildman–Crippen LogP) is 4.95. The average Bonchev–Trinajstić information content (AvgIpc) is 3.30. The third kappa shape index (κ3) is 5.88. The third-order valence-corrected chi connectivity index (χ3v) is 8.71. The summed E-state index contributed by atoms with van der Waals surface area (Å²) in [5.41, 5.74) is 3.68. The fourth-order valence-electron chi connectivity index (χ4n) is 6.82. The van der Waals surface area contributed by atoms with Gasteiger partial charge in [-0.25, -0.2) is 4.98 Å². The maximum Gasteiger partial charge on any atom is 0.373 e. The minimum atomic E-state index is 0.250. The van der Waals surface area contributed by atoms with Crippen LogP contribution in [0.3, 0.4) is 0 Å². The molecule has 6 heteroatoms. The van der Waals surface area contributed by atoms with Crippen LogP contribution in [-0.2, 0) is 16.1 Å². The Labute approximate surface area is 216 Å². The van der Waals surface area contributed by atoms with Crippen molar-refractivity contribution in [2.24, 2.45) is 23.7 Å². The standard InChI is InChI=1S/C19H25N3.C10H17N.CO2/c1-3-16-11-15-5-7-18(16)21(12-15)8-9-22-13-20-17-6-4-14(2)10-19(17)22;1-3-9-6-8-4-5-10(9)11(2)7-8;2-1-3/h4-7,10,13,15-16,18H,3,8-9,11-12H2,1-2H3;4-5,8-10H,3,6-7H2,1-2H3;. The third-order valence-electron chi connectivity index (χ3n) is 8.71. The Balaban J connectivity index is 0.000000181. The van der Waals surface area contributed by atoms with Crippen LogP contribution in [0.1, 0.15) is 45.1 Å². The van der Waals surface area contributed by atoms with Gasteiger partial charge in [-0.05, 0) is 68.2 Å². The second-order valence-electron chi connectivity index (χ2n) is 11.0. The summed E-state index contributed by atoms with van der Waals surface area (Å²) in [7, 11) is 2.25. The summed E-state index contributed by atoms with van der Waals surface area (Å²) >= 11 is 0. The summed E-state index contributed by atoms with van der Waals surface area (Å²) in [5.74, 6) is 3.42. The highest BCUT2D eigenvalue weighted by Gasteiger charge is 2.36. The van der Waals surface area contributed by atoms with E-state index in [-0.39, 0.29) is 6.15 Å². The Morgan fingerprint density at radius 3 is 2.14 bits per heavy atom. The number of benzene rings is 1. The minimum absolute atomic E-state index is 0.250. The van der Waals surface area contributed by atoms with E-state index in [1.54, 1.807) is 0 Å². The van der Waals surface area contributed by atoms with E-state index >= 15 is 0 Å². The van der Waals surface area contributed by atoms with E-state index in [2.05, 4.69) is 89.7 Å². The van der Waals surface area contributed by atoms with Crippen molar-refractivity contribution in [3.05, 3.63) is 54.4 Å². The molecule has 0 N–H and O–H groups in total. The fraction of sp³-hybridized carbons (Fsp3) is 0.600. The van der Waals surface area contributed by atoms with Crippen molar-refractivity contribution >= 4 is 17.2 Å². The van der Waals surface area contributed by atoms with Crippen LogP contribution in [0.15, 0.2) is 48.8 Å². The highest BCUT2D eigenvalue weighted by molar-refractivity contribution is 5.75. The molecule has 4 aliphatic heterocycles. The monoisotopic (exact) mass is 490 g/mol. The average molecular weight is 491 g/mol. The van der Waals surface area contributed by atoms with Gasteiger partial charge in [0.15, 0.2) is 0 Å². The Morgan fingerprint density at radius 1 is 0.917 bits per heavy atom. The zero-order chi connectivity index (χ0) is 25.7. The number of likely N-dealkylation sites (N-methyl/N-ethyl adjacent to an activating group) is 1. The number of aromatic nitrogens is 2. The van der Waals surface area contributed by atoms with E-state index in [4.69, 9.17) is 9.59 Å². The molecule has 6 atom stereocenters. The van der Waals surface area contributed by atoms with Crippen LogP contribution >= 0.6 is 0 Å². The molecule has 0 saturated carbocycles. The molecular formula is C30H42N4O2. The number of carbonyl (C=O) groups excluding carboxylic acids is 2. The van der Waals surface area contributed by atoms with E-state index in [1.165, 1.54) is 49.9 Å². The zero-order valence-corrected chi connectivity index (χ0v) is 22.3. The van der Waals surface area contributed by atoms with E-state index in [0.717, 1.165) is 48.3 Å². The molecule has 194 valence electrons. The molecule has 2 fully saturated rings. The van der Waals surface area contributed by atoms with Crippen molar-refractivity contribution in [3.63, 3.8) is 0 Å². The van der Waals surface area contributed by atoms with E-state index in [0.29, 0.717) is 6.04 Å². The SMILES string of the molecule is CCC1CC2C=CC1N(C)C2.CCC1CC2C=CC1N(CCn1cnc3ccc(C)cc31)C2.O=C=O. The van der Waals surface area contributed by atoms with Crippen LogP contribution in [0.25, 0.3) is 11.0 Å². The first-order valence-electron chi connectivity index (χ1n) is 13.7. The van der Waals surface area contributed by atoms with Crippen molar-refractivity contribution < 1.29 is 9.59 Å². The summed E-state index contributed by atoms with van der Waals surface area (Å²) in [4.78, 5) is 26.0. The number of piperidine rings is 2. The van der Waals surface area contributed by atoms with E-state index in [1.807, 2.05) is 6.33 Å². The molecular weight excluding hydrogens is 448 g/mol. The molecule has 6 unspecified atom stereocenters. The highest BCUT2D eigenvalue weighted by Crippen LogP contribution is 2.36. The smallest absolute Gasteiger partial charge is 0.329 e. The lowest BCUT2D eigenvalue weighted by molar-refractivity contribution is -0.191. The van der Waals surface area contributed by atoms with Crippen molar-refractivity contribution in [1.82, 2.24) is 19.4 Å². The molecule has 0 amide bonds. The molecule has 4 bridgehead atoms. The van der Waals surface area contributed by atoms with Crippen LogP contribution in [0.2, 0.25) is 0 Å². The number of fused-ring (bicyclic) bond motifs is 5. The molecule has 0 radical (unpaired) electrons. The topological polar surface area (TPSA) is 58.4 Å². The number of hydrogen-bond acceptors (Lipinski definition) is 5. The van der Waals surface area contributed by atoms with Gasteiger partial charge in [-0.2, -0.15) is 9.59 Å². The summed E-state index contributed by atoms with van der Waals surface area (Å²) in [6.07, 6.45) is 17.4. The Bertz CT molecular complexity index is 1100. The number of rotatable bonds is 5. The number of aryl methyl sites for hydroxylation is 1. The van der Waals surface area contributed by atoms with Gasteiger partial charge < -0.3 is 4.57 Å². The van der Waals surface area contributed by atoms with Gasteiger partial charge in [-0.3, -0.25) is 9.80 Å². The van der Waals surface area contributed by atoms with E-state index in [9.17, 15) is 0 Å². The summed E-state index contributed by atoms with van der Waals surface area (Å²) in [6, 6.07) is 7.93. The van der Waals surface area contributed by atoms with Gasteiger partial charge in [-0.15, -0.1) is 0 Å². The molecule has 6 nitrogen and oxygen atoms in total. The molecule has 2 saturated heterocycles. The molecule has 2 aliphatic carbocycles. The lowest BCUT2D eigenvalue weighted by Gasteiger charge is -2.46.